The lowest BCUT2D eigenvalue weighted by Gasteiger charge is -2.21. The van der Waals surface area contributed by atoms with Gasteiger partial charge in [0.1, 0.15) is 12.7 Å². The Morgan fingerprint density at radius 1 is 0.424 bits per heavy atom. The number of aliphatic hydroxyl groups is 1. The Labute approximate surface area is 403 Å². The Hall–Kier alpha value is -2.30. The van der Waals surface area contributed by atoms with Crippen molar-refractivity contribution < 1.29 is 52.2 Å². The standard InChI is InChI=1S/C54H99O11P/c1-4-7-10-13-16-19-21-22-23-24-25-26-27-28-30-33-36-39-42-45-54(58)65-51(47-61-52(56)43-40-37-34-31-18-15-12-9-6-3)49-63-66(59,60)62-48-50(46-55)64-53(57)44-41-38-35-32-29-20-17-14-11-8-5-2/h14,16-17,19,22-23,50-51,55H,4-13,15,18,20-21,24-49H2,1-3H3,(H,59,60)/b17-14-,19-16-,23-22-. The maximum absolute atomic E-state index is 12.8. The molecule has 0 spiro atoms. The van der Waals surface area contributed by atoms with Crippen molar-refractivity contribution in [1.29, 1.82) is 0 Å². The molecule has 0 aromatic heterocycles. The number of ether oxygens (including phenoxy) is 3. The van der Waals surface area contributed by atoms with E-state index in [1.54, 1.807) is 0 Å². The zero-order valence-corrected chi connectivity index (χ0v) is 43.3. The minimum Gasteiger partial charge on any atom is -0.462 e. The van der Waals surface area contributed by atoms with E-state index in [9.17, 15) is 28.9 Å². The molecule has 0 bridgehead atoms. The Kier molecular flexibility index (Phi) is 47.4. The number of hydrogen-bond donors (Lipinski definition) is 2. The molecule has 66 heavy (non-hydrogen) atoms. The molecule has 0 amide bonds. The van der Waals surface area contributed by atoms with Gasteiger partial charge in [-0.3, -0.25) is 23.4 Å². The third-order valence-electron chi connectivity index (χ3n) is 11.5. The minimum absolute atomic E-state index is 0.165. The summed E-state index contributed by atoms with van der Waals surface area (Å²) in [5, 5.41) is 9.76. The van der Waals surface area contributed by atoms with Gasteiger partial charge >= 0.3 is 25.7 Å². The molecule has 11 nitrogen and oxygen atoms in total. The van der Waals surface area contributed by atoms with Crippen LogP contribution in [0.25, 0.3) is 0 Å². The van der Waals surface area contributed by atoms with Crippen LogP contribution in [0.3, 0.4) is 0 Å². The van der Waals surface area contributed by atoms with E-state index in [0.717, 1.165) is 89.9 Å². The molecule has 0 heterocycles. The molecule has 0 aromatic rings. The van der Waals surface area contributed by atoms with Crippen LogP contribution in [0.1, 0.15) is 252 Å². The van der Waals surface area contributed by atoms with Crippen LogP contribution in [0.15, 0.2) is 36.5 Å². The van der Waals surface area contributed by atoms with Gasteiger partial charge in [-0.1, -0.05) is 198 Å². The molecule has 386 valence electrons. The predicted molar refractivity (Wildman–Crippen MR) is 270 cm³/mol. The van der Waals surface area contributed by atoms with E-state index in [-0.39, 0.29) is 25.9 Å². The smallest absolute Gasteiger partial charge is 0.462 e. The number of carbonyl (C=O) groups is 3. The first kappa shape index (κ1) is 63.7. The third kappa shape index (κ3) is 46.8. The fraction of sp³-hybridized carbons (Fsp3) is 0.833. The highest BCUT2D eigenvalue weighted by Gasteiger charge is 2.28. The molecule has 0 fully saturated rings. The maximum atomic E-state index is 12.8. The van der Waals surface area contributed by atoms with Crippen LogP contribution >= 0.6 is 7.82 Å². The fourth-order valence-corrected chi connectivity index (χ4v) is 8.15. The first-order valence-electron chi connectivity index (χ1n) is 26.9. The van der Waals surface area contributed by atoms with E-state index in [4.69, 9.17) is 23.3 Å². The summed E-state index contributed by atoms with van der Waals surface area (Å²) in [6.45, 7) is 4.55. The first-order chi connectivity index (χ1) is 32.2. The van der Waals surface area contributed by atoms with Crippen LogP contribution in [0.5, 0.6) is 0 Å². The van der Waals surface area contributed by atoms with E-state index < -0.39 is 57.8 Å². The summed E-state index contributed by atoms with van der Waals surface area (Å²) in [5.41, 5.74) is 0. The van der Waals surface area contributed by atoms with Gasteiger partial charge in [0.2, 0.25) is 0 Å². The number of carbonyl (C=O) groups excluding carboxylic acids is 3. The molecule has 0 aliphatic heterocycles. The Bertz CT molecular complexity index is 1250. The zero-order valence-electron chi connectivity index (χ0n) is 42.4. The highest BCUT2D eigenvalue weighted by molar-refractivity contribution is 7.47. The summed E-state index contributed by atoms with van der Waals surface area (Å²) in [4.78, 5) is 48.2. The average molecular weight is 955 g/mol. The van der Waals surface area contributed by atoms with Crippen molar-refractivity contribution in [3.8, 4) is 0 Å². The average Bonchev–Trinajstić information content (AvgIpc) is 3.30. The zero-order chi connectivity index (χ0) is 48.4. The van der Waals surface area contributed by atoms with Gasteiger partial charge in [0.05, 0.1) is 19.8 Å². The molecule has 0 radical (unpaired) electrons. The highest BCUT2D eigenvalue weighted by atomic mass is 31.2. The second-order valence-electron chi connectivity index (χ2n) is 18.0. The largest absolute Gasteiger partial charge is 0.472 e. The van der Waals surface area contributed by atoms with E-state index >= 15 is 0 Å². The quantitative estimate of drug-likeness (QED) is 0.0197. The summed E-state index contributed by atoms with van der Waals surface area (Å²) in [5.74, 6) is -1.47. The number of phosphoric acid groups is 1. The van der Waals surface area contributed by atoms with Crippen molar-refractivity contribution in [2.75, 3.05) is 26.4 Å². The van der Waals surface area contributed by atoms with E-state index in [0.29, 0.717) is 19.3 Å². The van der Waals surface area contributed by atoms with Crippen molar-refractivity contribution in [2.24, 2.45) is 0 Å². The van der Waals surface area contributed by atoms with Crippen molar-refractivity contribution in [2.45, 2.75) is 264 Å². The highest BCUT2D eigenvalue weighted by Crippen LogP contribution is 2.43. The van der Waals surface area contributed by atoms with Gasteiger partial charge in [0, 0.05) is 19.3 Å². The summed E-state index contributed by atoms with van der Waals surface area (Å²) < 4.78 is 39.3. The molecule has 12 heteroatoms. The number of allylic oxidation sites excluding steroid dienone is 6. The summed E-state index contributed by atoms with van der Waals surface area (Å²) in [7, 11) is -4.74. The van der Waals surface area contributed by atoms with E-state index in [2.05, 4.69) is 57.2 Å². The summed E-state index contributed by atoms with van der Waals surface area (Å²) in [6, 6.07) is 0. The van der Waals surface area contributed by atoms with Gasteiger partial charge in [-0.25, -0.2) is 4.57 Å². The predicted octanol–water partition coefficient (Wildman–Crippen LogP) is 15.3. The molecule has 3 unspecified atom stereocenters. The van der Waals surface area contributed by atoms with Crippen molar-refractivity contribution in [3.63, 3.8) is 0 Å². The van der Waals surface area contributed by atoms with Gasteiger partial charge in [-0.2, -0.15) is 0 Å². The van der Waals surface area contributed by atoms with Crippen LogP contribution in [0, 0.1) is 0 Å². The molecule has 0 rings (SSSR count). The molecular weight excluding hydrogens is 856 g/mol. The number of esters is 3. The Morgan fingerprint density at radius 3 is 1.21 bits per heavy atom. The molecule has 0 aliphatic carbocycles. The molecule has 0 aromatic carbocycles. The van der Waals surface area contributed by atoms with Crippen molar-refractivity contribution in [3.05, 3.63) is 36.5 Å². The molecular formula is C54H99O11P. The van der Waals surface area contributed by atoms with Crippen molar-refractivity contribution in [1.82, 2.24) is 0 Å². The number of aliphatic hydroxyl groups excluding tert-OH is 1. The van der Waals surface area contributed by atoms with Gasteiger partial charge in [0.15, 0.2) is 6.10 Å². The normalized spacial score (nSPS) is 13.7. The van der Waals surface area contributed by atoms with Gasteiger partial charge in [-0.05, 0) is 70.6 Å². The van der Waals surface area contributed by atoms with Crippen LogP contribution in [-0.2, 0) is 42.2 Å². The maximum Gasteiger partial charge on any atom is 0.472 e. The number of rotatable bonds is 50. The summed E-state index contributed by atoms with van der Waals surface area (Å²) in [6.07, 6.45) is 48.3. The van der Waals surface area contributed by atoms with Gasteiger partial charge in [-0.15, -0.1) is 0 Å². The van der Waals surface area contributed by atoms with Crippen LogP contribution < -0.4 is 0 Å². The molecule has 0 aliphatic rings. The lowest BCUT2D eigenvalue weighted by Crippen LogP contribution is -2.30. The van der Waals surface area contributed by atoms with Crippen LogP contribution in [0.2, 0.25) is 0 Å². The first-order valence-corrected chi connectivity index (χ1v) is 28.4. The van der Waals surface area contributed by atoms with Crippen LogP contribution in [-0.4, -0.2) is 66.5 Å². The Morgan fingerprint density at radius 2 is 0.758 bits per heavy atom. The molecule has 0 saturated carbocycles. The van der Waals surface area contributed by atoms with Gasteiger partial charge in [0.25, 0.3) is 0 Å². The van der Waals surface area contributed by atoms with E-state index in [1.165, 1.54) is 103 Å². The topological polar surface area (TPSA) is 155 Å². The van der Waals surface area contributed by atoms with Gasteiger partial charge < -0.3 is 24.2 Å². The second kappa shape index (κ2) is 49.1. The third-order valence-corrected chi connectivity index (χ3v) is 12.5. The lowest BCUT2D eigenvalue weighted by molar-refractivity contribution is -0.161. The Balaban J connectivity index is 4.66. The van der Waals surface area contributed by atoms with Crippen molar-refractivity contribution >= 4 is 25.7 Å². The van der Waals surface area contributed by atoms with E-state index in [1.807, 2.05) is 0 Å². The number of unbranched alkanes of at least 4 members (excludes halogenated alkanes) is 27. The lowest BCUT2D eigenvalue weighted by atomic mass is 10.1. The monoisotopic (exact) mass is 955 g/mol. The molecule has 2 N–H and O–H groups in total. The second-order valence-corrected chi connectivity index (χ2v) is 19.5. The number of phosphoric ester groups is 1. The fourth-order valence-electron chi connectivity index (χ4n) is 7.37. The SMILES string of the molecule is CCCC/C=C\CCCCCCCC(=O)OC(CO)COP(=O)(O)OCC(COC(=O)CCCCCCCCCCC)OC(=O)CCCCCCCCCCC/C=C\C/C=C\CCCCC. The molecule has 3 atom stereocenters. The van der Waals surface area contributed by atoms with Crippen LogP contribution in [0.4, 0.5) is 0 Å². The number of hydrogen-bond acceptors (Lipinski definition) is 10. The minimum atomic E-state index is -4.74. The molecule has 0 saturated heterocycles. The summed E-state index contributed by atoms with van der Waals surface area (Å²) >= 11 is 0.